The molecule has 2 nitrogen and oxygen atoms in total. The second kappa shape index (κ2) is 6.02. The van der Waals surface area contributed by atoms with Crippen molar-refractivity contribution in [2.75, 3.05) is 20.3 Å². The highest BCUT2D eigenvalue weighted by Crippen LogP contribution is 2.38. The van der Waals surface area contributed by atoms with E-state index in [2.05, 4.69) is 19.3 Å². The molecule has 3 unspecified atom stereocenters. The van der Waals surface area contributed by atoms with Gasteiger partial charge in [0, 0.05) is 19.3 Å². The molecule has 94 valence electrons. The molecule has 1 aliphatic carbocycles. The molecule has 1 N–H and O–H groups in total. The van der Waals surface area contributed by atoms with Crippen molar-refractivity contribution < 1.29 is 4.74 Å². The van der Waals surface area contributed by atoms with E-state index in [1.54, 1.807) is 0 Å². The molecule has 0 aromatic carbocycles. The largest absolute Gasteiger partial charge is 0.381 e. The van der Waals surface area contributed by atoms with E-state index < -0.39 is 0 Å². The average Bonchev–Trinajstić information content (AvgIpc) is 2.80. The summed E-state index contributed by atoms with van der Waals surface area (Å²) in [5, 5.41) is 3.60. The Hall–Kier alpha value is -0.0800. The van der Waals surface area contributed by atoms with Gasteiger partial charge in [-0.3, -0.25) is 0 Å². The maximum atomic E-state index is 5.47. The molecule has 0 aromatic rings. The maximum absolute atomic E-state index is 5.47. The molecule has 1 heterocycles. The van der Waals surface area contributed by atoms with E-state index in [-0.39, 0.29) is 0 Å². The summed E-state index contributed by atoms with van der Waals surface area (Å²) >= 11 is 0. The van der Waals surface area contributed by atoms with E-state index in [9.17, 15) is 0 Å². The number of hydrogen-bond donors (Lipinski definition) is 1. The fraction of sp³-hybridized carbons (Fsp3) is 1.00. The van der Waals surface area contributed by atoms with Gasteiger partial charge in [-0.2, -0.15) is 0 Å². The quantitative estimate of drug-likeness (QED) is 0.794. The van der Waals surface area contributed by atoms with Crippen molar-refractivity contribution in [1.29, 1.82) is 0 Å². The van der Waals surface area contributed by atoms with E-state index in [0.717, 1.165) is 37.0 Å². The average molecular weight is 225 g/mol. The molecule has 0 aromatic heterocycles. The number of hydrogen-bond acceptors (Lipinski definition) is 2. The molecular formula is C14H27NO. The van der Waals surface area contributed by atoms with Crippen LogP contribution in [0.5, 0.6) is 0 Å². The van der Waals surface area contributed by atoms with E-state index in [4.69, 9.17) is 4.74 Å². The van der Waals surface area contributed by atoms with Gasteiger partial charge in [-0.15, -0.1) is 0 Å². The summed E-state index contributed by atoms with van der Waals surface area (Å²) in [6, 6.07) is 0.750. The summed E-state index contributed by atoms with van der Waals surface area (Å²) in [6.07, 6.45) is 8.27. The van der Waals surface area contributed by atoms with E-state index >= 15 is 0 Å². The highest BCUT2D eigenvalue weighted by molar-refractivity contribution is 4.88. The van der Waals surface area contributed by atoms with Gasteiger partial charge in [0.05, 0.1) is 0 Å². The monoisotopic (exact) mass is 225 g/mol. The fourth-order valence-electron chi connectivity index (χ4n) is 3.74. The van der Waals surface area contributed by atoms with E-state index in [1.165, 1.54) is 38.5 Å². The molecule has 0 amide bonds. The third-order valence-corrected chi connectivity index (χ3v) is 4.77. The van der Waals surface area contributed by atoms with Crippen molar-refractivity contribution >= 4 is 0 Å². The molecule has 0 radical (unpaired) electrons. The fourth-order valence-corrected chi connectivity index (χ4v) is 3.74. The van der Waals surface area contributed by atoms with Crippen LogP contribution < -0.4 is 5.32 Å². The maximum Gasteiger partial charge on any atom is 0.0469 e. The lowest BCUT2D eigenvalue weighted by molar-refractivity contribution is 0.0458. The van der Waals surface area contributed by atoms with Crippen LogP contribution in [0.4, 0.5) is 0 Å². The SMILES string of the molecule is CCC1CCC(C(NC)C2CCOCC2)C1. The number of nitrogens with one attached hydrogen (secondary N) is 1. The van der Waals surface area contributed by atoms with Gasteiger partial charge in [-0.1, -0.05) is 19.8 Å². The molecule has 2 heteroatoms. The van der Waals surface area contributed by atoms with Crippen molar-refractivity contribution in [2.45, 2.75) is 51.5 Å². The van der Waals surface area contributed by atoms with Crippen LogP contribution in [0.2, 0.25) is 0 Å². The van der Waals surface area contributed by atoms with Crippen molar-refractivity contribution in [3.8, 4) is 0 Å². The summed E-state index contributed by atoms with van der Waals surface area (Å²) in [5.74, 6) is 2.79. The van der Waals surface area contributed by atoms with Gasteiger partial charge >= 0.3 is 0 Å². The van der Waals surface area contributed by atoms with Crippen LogP contribution >= 0.6 is 0 Å². The van der Waals surface area contributed by atoms with Gasteiger partial charge in [0.25, 0.3) is 0 Å². The van der Waals surface area contributed by atoms with Crippen molar-refractivity contribution in [2.24, 2.45) is 17.8 Å². The minimum atomic E-state index is 0.750. The lowest BCUT2D eigenvalue weighted by Crippen LogP contribution is -2.41. The smallest absolute Gasteiger partial charge is 0.0469 e. The van der Waals surface area contributed by atoms with Gasteiger partial charge in [-0.05, 0) is 50.5 Å². The van der Waals surface area contributed by atoms with Crippen molar-refractivity contribution in [3.63, 3.8) is 0 Å². The first-order chi connectivity index (χ1) is 7.85. The van der Waals surface area contributed by atoms with E-state index in [1.807, 2.05) is 0 Å². The zero-order valence-electron chi connectivity index (χ0n) is 10.9. The Morgan fingerprint density at radius 3 is 2.44 bits per heavy atom. The van der Waals surface area contributed by atoms with Crippen LogP contribution in [0, 0.1) is 17.8 Å². The Balaban J connectivity index is 1.88. The Morgan fingerprint density at radius 2 is 1.88 bits per heavy atom. The van der Waals surface area contributed by atoms with Gasteiger partial charge in [-0.25, -0.2) is 0 Å². The molecule has 2 rings (SSSR count). The summed E-state index contributed by atoms with van der Waals surface area (Å²) in [7, 11) is 2.15. The molecule has 2 fully saturated rings. The molecular weight excluding hydrogens is 198 g/mol. The molecule has 16 heavy (non-hydrogen) atoms. The van der Waals surface area contributed by atoms with Gasteiger partial charge < -0.3 is 10.1 Å². The topological polar surface area (TPSA) is 21.3 Å². The molecule has 1 saturated carbocycles. The first kappa shape index (κ1) is 12.4. The highest BCUT2D eigenvalue weighted by atomic mass is 16.5. The lowest BCUT2D eigenvalue weighted by Gasteiger charge is -2.34. The second-order valence-electron chi connectivity index (χ2n) is 5.61. The summed E-state index contributed by atoms with van der Waals surface area (Å²) in [6.45, 7) is 4.30. The Morgan fingerprint density at radius 1 is 1.12 bits per heavy atom. The summed E-state index contributed by atoms with van der Waals surface area (Å²) < 4.78 is 5.47. The predicted octanol–water partition coefficient (Wildman–Crippen LogP) is 2.83. The van der Waals surface area contributed by atoms with Crippen LogP contribution in [0.25, 0.3) is 0 Å². The molecule has 1 saturated heterocycles. The third-order valence-electron chi connectivity index (χ3n) is 4.77. The minimum absolute atomic E-state index is 0.750. The first-order valence-electron chi connectivity index (χ1n) is 7.10. The van der Waals surface area contributed by atoms with Gasteiger partial charge in [0.15, 0.2) is 0 Å². The zero-order valence-corrected chi connectivity index (χ0v) is 10.9. The number of ether oxygens (including phenoxy) is 1. The normalized spacial score (nSPS) is 34.1. The van der Waals surface area contributed by atoms with Crippen LogP contribution in [-0.4, -0.2) is 26.3 Å². The van der Waals surface area contributed by atoms with Gasteiger partial charge in [0.2, 0.25) is 0 Å². The standard InChI is InChI=1S/C14H27NO/c1-3-11-4-5-13(10-11)14(15-2)12-6-8-16-9-7-12/h11-15H,3-10H2,1-2H3. The molecule has 0 bridgehead atoms. The van der Waals surface area contributed by atoms with Crippen LogP contribution in [-0.2, 0) is 4.74 Å². The lowest BCUT2D eigenvalue weighted by atomic mass is 9.82. The van der Waals surface area contributed by atoms with E-state index in [0.29, 0.717) is 0 Å². The molecule has 2 aliphatic rings. The van der Waals surface area contributed by atoms with Crippen LogP contribution in [0.15, 0.2) is 0 Å². The Labute approximate surface area is 100 Å². The molecule has 0 spiro atoms. The van der Waals surface area contributed by atoms with Crippen molar-refractivity contribution in [3.05, 3.63) is 0 Å². The minimum Gasteiger partial charge on any atom is -0.381 e. The molecule has 1 aliphatic heterocycles. The third kappa shape index (κ3) is 2.78. The Bertz CT molecular complexity index is 201. The Kier molecular flexibility index (Phi) is 4.66. The number of rotatable bonds is 4. The summed E-state index contributed by atoms with van der Waals surface area (Å²) in [4.78, 5) is 0. The predicted molar refractivity (Wildman–Crippen MR) is 67.5 cm³/mol. The van der Waals surface area contributed by atoms with Crippen LogP contribution in [0.3, 0.4) is 0 Å². The summed E-state index contributed by atoms with van der Waals surface area (Å²) in [5.41, 5.74) is 0. The van der Waals surface area contributed by atoms with Gasteiger partial charge in [0.1, 0.15) is 0 Å². The zero-order chi connectivity index (χ0) is 11.4. The van der Waals surface area contributed by atoms with Crippen molar-refractivity contribution in [1.82, 2.24) is 5.32 Å². The van der Waals surface area contributed by atoms with Crippen LogP contribution in [0.1, 0.15) is 45.4 Å². The highest BCUT2D eigenvalue weighted by Gasteiger charge is 2.34. The molecule has 3 atom stereocenters. The first-order valence-corrected chi connectivity index (χ1v) is 7.10. The second-order valence-corrected chi connectivity index (χ2v) is 5.61.